The van der Waals surface area contributed by atoms with Crippen LogP contribution in [-0.2, 0) is 12.5 Å². The lowest BCUT2D eigenvalue weighted by atomic mass is 10.1. The molecule has 0 amide bonds. The molecular formula is C17H14F5N3O3S2. The van der Waals surface area contributed by atoms with Gasteiger partial charge < -0.3 is 9.47 Å². The predicted octanol–water partition coefficient (Wildman–Crippen LogP) is 4.29. The van der Waals surface area contributed by atoms with E-state index in [1.165, 1.54) is 32.4 Å². The Morgan fingerprint density at radius 1 is 1.13 bits per heavy atom. The molecule has 162 valence electrons. The lowest BCUT2D eigenvalue weighted by Gasteiger charge is -2.22. The molecule has 2 aromatic heterocycles. The summed E-state index contributed by atoms with van der Waals surface area (Å²) < 4.78 is 78.8. The van der Waals surface area contributed by atoms with Crippen molar-refractivity contribution in [2.24, 2.45) is 0 Å². The SMILES string of the molecule is COc1ccc(Cn2c(C(F)(F)C(F)(F)F)nc3sc(SC)nc3c2=O)c(OC)c1. The van der Waals surface area contributed by atoms with E-state index in [0.29, 0.717) is 10.1 Å². The number of alkyl halides is 5. The van der Waals surface area contributed by atoms with E-state index >= 15 is 0 Å². The van der Waals surface area contributed by atoms with Gasteiger partial charge in [-0.2, -0.15) is 22.0 Å². The van der Waals surface area contributed by atoms with Gasteiger partial charge in [0, 0.05) is 11.6 Å². The van der Waals surface area contributed by atoms with Crippen molar-refractivity contribution in [3.63, 3.8) is 0 Å². The predicted molar refractivity (Wildman–Crippen MR) is 102 cm³/mol. The molecule has 0 bridgehead atoms. The van der Waals surface area contributed by atoms with E-state index in [0.717, 1.165) is 23.1 Å². The topological polar surface area (TPSA) is 66.2 Å². The lowest BCUT2D eigenvalue weighted by molar-refractivity contribution is -0.293. The molecule has 0 radical (unpaired) electrons. The van der Waals surface area contributed by atoms with Crippen LogP contribution in [0.4, 0.5) is 22.0 Å². The summed E-state index contributed by atoms with van der Waals surface area (Å²) in [6, 6.07) is 4.28. The van der Waals surface area contributed by atoms with Crippen LogP contribution in [0.2, 0.25) is 0 Å². The zero-order chi connectivity index (χ0) is 22.3. The van der Waals surface area contributed by atoms with Crippen LogP contribution in [-0.4, -0.2) is 41.2 Å². The van der Waals surface area contributed by atoms with Gasteiger partial charge in [0.25, 0.3) is 5.56 Å². The second-order valence-electron chi connectivity index (χ2n) is 5.91. The summed E-state index contributed by atoms with van der Waals surface area (Å²) >= 11 is 1.88. The average molecular weight is 467 g/mol. The lowest BCUT2D eigenvalue weighted by Crippen LogP contribution is -2.41. The Morgan fingerprint density at radius 2 is 1.83 bits per heavy atom. The Morgan fingerprint density at radius 3 is 2.40 bits per heavy atom. The number of ether oxygens (including phenoxy) is 2. The van der Waals surface area contributed by atoms with Crippen LogP contribution in [0.3, 0.4) is 0 Å². The Balaban J connectivity index is 2.28. The van der Waals surface area contributed by atoms with Crippen molar-refractivity contribution in [1.82, 2.24) is 14.5 Å². The van der Waals surface area contributed by atoms with Crippen molar-refractivity contribution in [1.29, 1.82) is 0 Å². The first-order valence-electron chi connectivity index (χ1n) is 8.14. The second kappa shape index (κ2) is 8.02. The van der Waals surface area contributed by atoms with Crippen molar-refractivity contribution in [3.05, 3.63) is 39.9 Å². The zero-order valence-corrected chi connectivity index (χ0v) is 17.3. The molecule has 0 unspecified atom stereocenters. The van der Waals surface area contributed by atoms with E-state index in [4.69, 9.17) is 9.47 Å². The molecule has 0 saturated carbocycles. The fraction of sp³-hybridized carbons (Fsp3) is 0.353. The third kappa shape index (κ3) is 3.83. The summed E-state index contributed by atoms with van der Waals surface area (Å²) in [5, 5.41) is 0. The quantitative estimate of drug-likeness (QED) is 0.398. The molecule has 13 heteroatoms. The molecule has 0 aliphatic rings. The van der Waals surface area contributed by atoms with E-state index in [-0.39, 0.29) is 26.2 Å². The van der Waals surface area contributed by atoms with Crippen LogP contribution < -0.4 is 15.0 Å². The van der Waals surface area contributed by atoms with Crippen LogP contribution in [0.1, 0.15) is 11.4 Å². The smallest absolute Gasteiger partial charge is 0.461 e. The molecule has 3 rings (SSSR count). The van der Waals surface area contributed by atoms with Crippen LogP contribution in [0.5, 0.6) is 11.5 Å². The van der Waals surface area contributed by atoms with Crippen LogP contribution >= 0.6 is 23.1 Å². The van der Waals surface area contributed by atoms with Gasteiger partial charge in [-0.15, -0.1) is 0 Å². The van der Waals surface area contributed by atoms with Gasteiger partial charge in [0.1, 0.15) is 11.5 Å². The van der Waals surface area contributed by atoms with Crippen molar-refractivity contribution < 1.29 is 31.4 Å². The second-order valence-corrected chi connectivity index (χ2v) is 7.95. The van der Waals surface area contributed by atoms with Gasteiger partial charge in [-0.05, 0) is 18.4 Å². The zero-order valence-electron chi connectivity index (χ0n) is 15.7. The van der Waals surface area contributed by atoms with E-state index in [2.05, 4.69) is 9.97 Å². The van der Waals surface area contributed by atoms with Gasteiger partial charge in [0.05, 0.1) is 20.8 Å². The molecule has 0 spiro atoms. The largest absolute Gasteiger partial charge is 0.497 e. The highest BCUT2D eigenvalue weighted by Crippen LogP contribution is 2.43. The summed E-state index contributed by atoms with van der Waals surface area (Å²) in [4.78, 5) is 20.1. The minimum atomic E-state index is -5.95. The Labute approximate surface area is 174 Å². The number of rotatable bonds is 6. The number of thiazole rings is 1. The molecule has 30 heavy (non-hydrogen) atoms. The number of fused-ring (bicyclic) bond motifs is 1. The highest BCUT2D eigenvalue weighted by atomic mass is 32.2. The summed E-state index contributed by atoms with van der Waals surface area (Å²) in [5.74, 6) is -6.54. The number of methoxy groups -OCH3 is 2. The molecule has 6 nitrogen and oxygen atoms in total. The first-order chi connectivity index (χ1) is 14.0. The number of benzene rings is 1. The Bertz CT molecular complexity index is 1140. The van der Waals surface area contributed by atoms with E-state index in [1.807, 2.05) is 0 Å². The van der Waals surface area contributed by atoms with E-state index < -0.39 is 30.0 Å². The van der Waals surface area contributed by atoms with Crippen molar-refractivity contribution in [2.45, 2.75) is 23.0 Å². The van der Waals surface area contributed by atoms with Crippen LogP contribution in [0, 0.1) is 0 Å². The van der Waals surface area contributed by atoms with Crippen LogP contribution in [0.25, 0.3) is 10.3 Å². The third-order valence-electron chi connectivity index (χ3n) is 4.13. The molecule has 1 aromatic carbocycles. The Kier molecular flexibility index (Phi) is 5.96. The molecule has 0 aliphatic carbocycles. The summed E-state index contributed by atoms with van der Waals surface area (Å²) in [7, 11) is 2.68. The van der Waals surface area contributed by atoms with Gasteiger partial charge in [0.2, 0.25) is 0 Å². The first kappa shape index (κ1) is 22.3. The molecule has 0 N–H and O–H groups in total. The van der Waals surface area contributed by atoms with Gasteiger partial charge in [-0.25, -0.2) is 9.97 Å². The monoisotopic (exact) mass is 467 g/mol. The maximum absolute atomic E-state index is 14.3. The van der Waals surface area contributed by atoms with E-state index in [9.17, 15) is 26.7 Å². The molecular weight excluding hydrogens is 453 g/mol. The molecule has 0 atom stereocenters. The van der Waals surface area contributed by atoms with Crippen LogP contribution in [0.15, 0.2) is 27.3 Å². The van der Waals surface area contributed by atoms with Crippen molar-refractivity contribution >= 4 is 33.4 Å². The number of nitrogens with zero attached hydrogens (tertiary/aromatic N) is 3. The highest BCUT2D eigenvalue weighted by molar-refractivity contribution is 8.00. The molecule has 3 aromatic rings. The first-order valence-corrected chi connectivity index (χ1v) is 10.2. The minimum absolute atomic E-state index is 0.144. The fourth-order valence-corrected chi connectivity index (χ4v) is 4.06. The van der Waals surface area contributed by atoms with E-state index in [1.54, 1.807) is 6.26 Å². The number of hydrogen-bond donors (Lipinski definition) is 0. The van der Waals surface area contributed by atoms with Gasteiger partial charge in [0.15, 0.2) is 20.5 Å². The Hall–Kier alpha value is -2.41. The molecule has 0 aliphatic heterocycles. The third-order valence-corrected chi connectivity index (χ3v) is 6.07. The summed E-state index contributed by atoms with van der Waals surface area (Å²) in [6.45, 7) is -0.637. The maximum atomic E-state index is 14.3. The number of hydrogen-bond acceptors (Lipinski definition) is 7. The highest BCUT2D eigenvalue weighted by Gasteiger charge is 2.62. The fourth-order valence-electron chi connectivity index (χ4n) is 2.64. The molecule has 0 fully saturated rings. The van der Waals surface area contributed by atoms with Crippen molar-refractivity contribution in [3.8, 4) is 11.5 Å². The number of aromatic nitrogens is 3. The average Bonchev–Trinajstić information content (AvgIpc) is 3.12. The normalized spacial score (nSPS) is 12.4. The maximum Gasteiger partial charge on any atom is 0.461 e. The number of halogens is 5. The molecule has 2 heterocycles. The van der Waals surface area contributed by atoms with Gasteiger partial charge >= 0.3 is 12.1 Å². The van der Waals surface area contributed by atoms with Crippen molar-refractivity contribution in [2.75, 3.05) is 20.5 Å². The standard InChI is InChI=1S/C17H14F5N3O3S2/c1-27-9-5-4-8(10(6-9)28-2)7-25-13(26)11-12(30-15(23-11)29-3)24-14(25)16(18,19)17(20,21)22/h4-6H,7H2,1-3H3. The molecule has 0 saturated heterocycles. The van der Waals surface area contributed by atoms with Gasteiger partial charge in [-0.3, -0.25) is 9.36 Å². The number of thioether (sulfide) groups is 1. The summed E-state index contributed by atoms with van der Waals surface area (Å²) in [6.07, 6.45) is -4.32. The van der Waals surface area contributed by atoms with Gasteiger partial charge in [-0.1, -0.05) is 23.1 Å². The minimum Gasteiger partial charge on any atom is -0.497 e. The summed E-state index contributed by atoms with van der Waals surface area (Å²) in [5.41, 5.74) is -1.20.